The Morgan fingerprint density at radius 1 is 1.06 bits per heavy atom. The number of rotatable bonds is 9. The number of ether oxygens (including phenoxy) is 1. The minimum absolute atomic E-state index is 0.0251. The van der Waals surface area contributed by atoms with Crippen LogP contribution in [0.4, 0.5) is 4.79 Å². The Bertz CT molecular complexity index is 1040. The van der Waals surface area contributed by atoms with Gasteiger partial charge in [-0.05, 0) is 34.6 Å². The zero-order valence-corrected chi connectivity index (χ0v) is 20.4. The molecule has 0 spiro atoms. The average Bonchev–Trinajstić information content (AvgIpc) is 3.39. The van der Waals surface area contributed by atoms with Gasteiger partial charge in [-0.25, -0.2) is 4.79 Å². The fourth-order valence-electron chi connectivity index (χ4n) is 5.31. The average molecular weight is 479 g/mol. The van der Waals surface area contributed by atoms with Crippen molar-refractivity contribution in [3.05, 3.63) is 59.7 Å². The Labute approximate surface area is 206 Å². The lowest BCUT2D eigenvalue weighted by Gasteiger charge is -2.23. The number of alkyl carbamates (subject to hydrolysis) is 1. The zero-order valence-electron chi connectivity index (χ0n) is 20.4. The predicted molar refractivity (Wildman–Crippen MR) is 133 cm³/mol. The summed E-state index contributed by atoms with van der Waals surface area (Å²) in [6.07, 6.45) is 2.09. The number of nitrogens with one attached hydrogen (secondary N) is 1. The van der Waals surface area contributed by atoms with Gasteiger partial charge in [-0.1, -0.05) is 75.2 Å². The number of carboxylic acid groups (broad SMARTS) is 1. The van der Waals surface area contributed by atoms with Gasteiger partial charge in [0.2, 0.25) is 5.91 Å². The van der Waals surface area contributed by atoms with E-state index in [1.807, 2.05) is 31.2 Å². The maximum absolute atomic E-state index is 12.9. The number of carboxylic acids is 1. The molecule has 1 saturated heterocycles. The van der Waals surface area contributed by atoms with E-state index in [-0.39, 0.29) is 43.4 Å². The lowest BCUT2D eigenvalue weighted by molar-refractivity contribution is -0.142. The second-order valence-electron chi connectivity index (χ2n) is 9.73. The van der Waals surface area contributed by atoms with Crippen molar-refractivity contribution in [1.82, 2.24) is 10.2 Å². The lowest BCUT2D eigenvalue weighted by Crippen LogP contribution is -2.41. The molecule has 2 aromatic rings. The van der Waals surface area contributed by atoms with Crippen LogP contribution in [-0.2, 0) is 14.3 Å². The number of benzene rings is 2. The van der Waals surface area contributed by atoms with Gasteiger partial charge in [-0.15, -0.1) is 0 Å². The van der Waals surface area contributed by atoms with Crippen molar-refractivity contribution in [3.63, 3.8) is 0 Å². The number of fused-ring (bicyclic) bond motifs is 3. The molecular formula is C28H34N2O5. The summed E-state index contributed by atoms with van der Waals surface area (Å²) in [4.78, 5) is 38.7. The van der Waals surface area contributed by atoms with Gasteiger partial charge in [0.25, 0.3) is 0 Å². The number of hydrogen-bond donors (Lipinski definition) is 2. The van der Waals surface area contributed by atoms with E-state index in [2.05, 4.69) is 36.5 Å². The Balaban J connectivity index is 1.36. The van der Waals surface area contributed by atoms with E-state index in [4.69, 9.17) is 4.74 Å². The third kappa shape index (κ3) is 5.50. The van der Waals surface area contributed by atoms with E-state index in [1.54, 1.807) is 4.90 Å². The quantitative estimate of drug-likeness (QED) is 0.547. The maximum Gasteiger partial charge on any atom is 0.407 e. The molecule has 1 aliphatic heterocycles. The number of hydrogen-bond acceptors (Lipinski definition) is 4. The van der Waals surface area contributed by atoms with Crippen LogP contribution in [0.1, 0.15) is 56.6 Å². The summed E-state index contributed by atoms with van der Waals surface area (Å²) in [5.41, 5.74) is 4.64. The van der Waals surface area contributed by atoms with Gasteiger partial charge in [-0.2, -0.15) is 0 Å². The monoisotopic (exact) mass is 478 g/mol. The molecule has 1 heterocycles. The van der Waals surface area contributed by atoms with E-state index in [0.717, 1.165) is 24.0 Å². The largest absolute Gasteiger partial charge is 0.481 e. The summed E-state index contributed by atoms with van der Waals surface area (Å²) in [7, 11) is 0. The molecule has 1 fully saturated rings. The summed E-state index contributed by atoms with van der Waals surface area (Å²) in [5.74, 6) is -1.64. The molecule has 35 heavy (non-hydrogen) atoms. The van der Waals surface area contributed by atoms with Crippen molar-refractivity contribution < 1.29 is 24.2 Å². The fourth-order valence-corrected chi connectivity index (χ4v) is 5.31. The molecule has 3 atom stereocenters. The second-order valence-corrected chi connectivity index (χ2v) is 9.73. The molecule has 2 unspecified atom stereocenters. The van der Waals surface area contributed by atoms with Gasteiger partial charge in [0.05, 0.1) is 5.92 Å². The van der Waals surface area contributed by atoms with Gasteiger partial charge in [0.15, 0.2) is 0 Å². The Morgan fingerprint density at radius 2 is 1.69 bits per heavy atom. The van der Waals surface area contributed by atoms with E-state index in [0.29, 0.717) is 13.0 Å². The van der Waals surface area contributed by atoms with Gasteiger partial charge in [0, 0.05) is 31.5 Å². The van der Waals surface area contributed by atoms with E-state index < -0.39 is 18.0 Å². The third-order valence-corrected chi connectivity index (χ3v) is 7.28. The standard InChI is InChI=1S/C28H34N2O5/c1-3-4-9-19(14-26(31)30-15-18(2)24(16-30)27(32)33)29-28(34)35-17-25-22-12-7-5-10-20(22)21-11-6-8-13-23(21)25/h5-8,10-13,18-19,24-25H,3-4,9,14-17H2,1-2H3,(H,29,34)(H,32,33)/t18?,19-,24?/m1/s1. The molecule has 2 N–H and O–H groups in total. The van der Waals surface area contributed by atoms with E-state index >= 15 is 0 Å². The summed E-state index contributed by atoms with van der Waals surface area (Å²) in [5, 5.41) is 12.3. The highest BCUT2D eigenvalue weighted by Gasteiger charge is 2.37. The van der Waals surface area contributed by atoms with Crippen LogP contribution in [0.2, 0.25) is 0 Å². The SMILES string of the molecule is CCCC[C@H](CC(=O)N1CC(C)C(C(=O)O)C1)NC(=O)OCC1c2ccccc2-c2ccccc21. The van der Waals surface area contributed by atoms with Crippen LogP contribution in [-0.4, -0.2) is 53.7 Å². The van der Waals surface area contributed by atoms with Crippen molar-refractivity contribution in [1.29, 1.82) is 0 Å². The molecule has 2 aromatic carbocycles. The minimum atomic E-state index is -0.868. The van der Waals surface area contributed by atoms with Gasteiger partial charge < -0.3 is 20.1 Å². The number of likely N-dealkylation sites (tertiary alicyclic amines) is 1. The highest BCUT2D eigenvalue weighted by molar-refractivity contribution is 5.81. The Kier molecular flexibility index (Phi) is 7.73. The fraction of sp³-hybridized carbons (Fsp3) is 0.464. The number of aliphatic carboxylic acids is 1. The van der Waals surface area contributed by atoms with Gasteiger partial charge in [0.1, 0.15) is 6.61 Å². The maximum atomic E-state index is 12.9. The first-order valence-corrected chi connectivity index (χ1v) is 12.5. The number of unbranched alkanes of at least 4 members (excludes halogenated alkanes) is 1. The van der Waals surface area contributed by atoms with E-state index in [1.165, 1.54) is 11.1 Å². The first kappa shape index (κ1) is 24.8. The molecule has 186 valence electrons. The number of carbonyl (C=O) groups is 3. The molecule has 1 aliphatic carbocycles. The normalized spacial score (nSPS) is 19.7. The van der Waals surface area contributed by atoms with Gasteiger partial charge >= 0.3 is 12.1 Å². The Hall–Kier alpha value is -3.35. The number of carbonyl (C=O) groups excluding carboxylic acids is 2. The molecule has 0 radical (unpaired) electrons. The Morgan fingerprint density at radius 3 is 2.26 bits per heavy atom. The molecule has 2 aliphatic rings. The molecule has 0 saturated carbocycles. The summed E-state index contributed by atoms with van der Waals surface area (Å²) < 4.78 is 5.67. The molecule has 0 aromatic heterocycles. The van der Waals surface area contributed by atoms with Crippen LogP contribution in [0.25, 0.3) is 11.1 Å². The predicted octanol–water partition coefficient (Wildman–Crippen LogP) is 4.65. The van der Waals surface area contributed by atoms with Crippen LogP contribution in [0.5, 0.6) is 0 Å². The number of amides is 2. The second kappa shape index (κ2) is 10.9. The topological polar surface area (TPSA) is 95.9 Å². The highest BCUT2D eigenvalue weighted by atomic mass is 16.5. The van der Waals surface area contributed by atoms with Crippen LogP contribution in [0.3, 0.4) is 0 Å². The summed E-state index contributed by atoms with van der Waals surface area (Å²) >= 11 is 0. The number of nitrogens with zero attached hydrogens (tertiary/aromatic N) is 1. The zero-order chi connectivity index (χ0) is 24.9. The van der Waals surface area contributed by atoms with Crippen LogP contribution >= 0.6 is 0 Å². The lowest BCUT2D eigenvalue weighted by atomic mass is 9.98. The molecule has 7 heteroatoms. The van der Waals surface area contributed by atoms with Crippen molar-refractivity contribution >= 4 is 18.0 Å². The van der Waals surface area contributed by atoms with Crippen LogP contribution < -0.4 is 5.32 Å². The van der Waals surface area contributed by atoms with Crippen molar-refractivity contribution in [2.24, 2.45) is 11.8 Å². The minimum Gasteiger partial charge on any atom is -0.481 e. The van der Waals surface area contributed by atoms with Crippen molar-refractivity contribution in [3.8, 4) is 11.1 Å². The van der Waals surface area contributed by atoms with Crippen LogP contribution in [0, 0.1) is 11.8 Å². The molecule has 7 nitrogen and oxygen atoms in total. The molecule has 0 bridgehead atoms. The first-order chi connectivity index (χ1) is 16.9. The molecular weight excluding hydrogens is 444 g/mol. The van der Waals surface area contributed by atoms with Crippen molar-refractivity contribution in [2.75, 3.05) is 19.7 Å². The van der Waals surface area contributed by atoms with Crippen molar-refractivity contribution in [2.45, 2.75) is 51.5 Å². The highest BCUT2D eigenvalue weighted by Crippen LogP contribution is 2.44. The molecule has 4 rings (SSSR count). The molecule has 2 amide bonds. The first-order valence-electron chi connectivity index (χ1n) is 12.5. The smallest absolute Gasteiger partial charge is 0.407 e. The van der Waals surface area contributed by atoms with Gasteiger partial charge in [-0.3, -0.25) is 9.59 Å². The van der Waals surface area contributed by atoms with E-state index in [9.17, 15) is 19.5 Å². The summed E-state index contributed by atoms with van der Waals surface area (Å²) in [6.45, 7) is 4.79. The third-order valence-electron chi connectivity index (χ3n) is 7.28. The van der Waals surface area contributed by atoms with Crippen LogP contribution in [0.15, 0.2) is 48.5 Å². The summed E-state index contributed by atoms with van der Waals surface area (Å²) in [6, 6.07) is 16.0.